The zero-order valence-electron chi connectivity index (χ0n) is 17.0. The van der Waals surface area contributed by atoms with Crippen molar-refractivity contribution in [1.82, 2.24) is 15.0 Å². The Bertz CT molecular complexity index is 1130. The Morgan fingerprint density at radius 1 is 1.19 bits per heavy atom. The Hall–Kier alpha value is -3.86. The number of morpholine rings is 1. The summed E-state index contributed by atoms with van der Waals surface area (Å²) in [6, 6.07) is 6.79. The maximum absolute atomic E-state index is 14.0. The van der Waals surface area contributed by atoms with E-state index in [1.807, 2.05) is 4.90 Å². The fourth-order valence-electron chi connectivity index (χ4n) is 3.29. The molecule has 0 saturated carbocycles. The van der Waals surface area contributed by atoms with Crippen LogP contribution in [0.1, 0.15) is 10.5 Å². The van der Waals surface area contributed by atoms with Crippen molar-refractivity contribution >= 4 is 23.4 Å². The van der Waals surface area contributed by atoms with Crippen molar-refractivity contribution in [2.75, 3.05) is 43.6 Å². The number of pyridine rings is 1. The molecule has 11 heteroatoms. The van der Waals surface area contributed by atoms with Gasteiger partial charge in [-0.2, -0.15) is 4.98 Å². The third-order valence-electron chi connectivity index (χ3n) is 4.78. The third-order valence-corrected chi connectivity index (χ3v) is 4.78. The lowest BCUT2D eigenvalue weighted by Crippen LogP contribution is -2.37. The van der Waals surface area contributed by atoms with E-state index in [-0.39, 0.29) is 17.3 Å². The maximum Gasteiger partial charge on any atom is 0.354 e. The minimum absolute atomic E-state index is 0.104. The van der Waals surface area contributed by atoms with E-state index in [9.17, 15) is 18.7 Å². The molecule has 4 rings (SSSR count). The molecule has 2 N–H and O–H groups in total. The molecule has 0 amide bonds. The molecule has 1 saturated heterocycles. The number of anilines is 3. The lowest BCUT2D eigenvalue weighted by molar-refractivity contribution is 0.0690. The summed E-state index contributed by atoms with van der Waals surface area (Å²) < 4.78 is 38.2. The van der Waals surface area contributed by atoms with E-state index in [0.717, 1.165) is 12.1 Å². The minimum atomic E-state index is -1.15. The quantitative estimate of drug-likeness (QED) is 0.594. The van der Waals surface area contributed by atoms with Gasteiger partial charge in [0, 0.05) is 37.1 Å². The Labute approximate surface area is 181 Å². The number of hydrogen-bond donors (Lipinski definition) is 2. The highest BCUT2D eigenvalue weighted by molar-refractivity contribution is 5.86. The first-order valence-electron chi connectivity index (χ1n) is 9.67. The summed E-state index contributed by atoms with van der Waals surface area (Å²) in [6.45, 7) is 2.08. The van der Waals surface area contributed by atoms with E-state index in [1.54, 1.807) is 12.1 Å². The van der Waals surface area contributed by atoms with Crippen molar-refractivity contribution in [3.8, 4) is 17.0 Å². The number of methoxy groups -OCH3 is 1. The summed E-state index contributed by atoms with van der Waals surface area (Å²) in [6.07, 6.45) is 1.49. The molecule has 1 aliphatic heterocycles. The molecule has 0 unspecified atom stereocenters. The molecule has 1 aliphatic rings. The van der Waals surface area contributed by atoms with Crippen LogP contribution < -0.4 is 15.0 Å². The number of aromatic carboxylic acids is 1. The highest BCUT2D eigenvalue weighted by Crippen LogP contribution is 2.31. The molecule has 0 radical (unpaired) electrons. The van der Waals surface area contributed by atoms with Crippen LogP contribution in [0.2, 0.25) is 0 Å². The molecular weight excluding hydrogens is 424 g/mol. The van der Waals surface area contributed by atoms with E-state index in [2.05, 4.69) is 20.3 Å². The van der Waals surface area contributed by atoms with Gasteiger partial charge >= 0.3 is 5.97 Å². The van der Waals surface area contributed by atoms with Crippen LogP contribution in [0, 0.1) is 11.6 Å². The molecule has 0 bridgehead atoms. The average Bonchev–Trinajstić information content (AvgIpc) is 2.79. The van der Waals surface area contributed by atoms with E-state index in [1.165, 1.54) is 19.4 Å². The number of rotatable bonds is 6. The van der Waals surface area contributed by atoms with Gasteiger partial charge in [-0.3, -0.25) is 0 Å². The Balaban J connectivity index is 1.73. The number of carboxylic acid groups (broad SMARTS) is 1. The Morgan fingerprint density at radius 3 is 2.56 bits per heavy atom. The number of hydrogen-bond acceptors (Lipinski definition) is 8. The summed E-state index contributed by atoms with van der Waals surface area (Å²) in [7, 11) is 1.18. The smallest absolute Gasteiger partial charge is 0.354 e. The monoisotopic (exact) mass is 443 g/mol. The second-order valence-electron chi connectivity index (χ2n) is 6.84. The Morgan fingerprint density at radius 2 is 1.91 bits per heavy atom. The van der Waals surface area contributed by atoms with Gasteiger partial charge in [0.25, 0.3) is 0 Å². The molecule has 1 aromatic carbocycles. The van der Waals surface area contributed by atoms with Crippen LogP contribution in [0.4, 0.5) is 26.2 Å². The Kier molecular flexibility index (Phi) is 6.08. The molecule has 1 fully saturated rings. The van der Waals surface area contributed by atoms with E-state index in [4.69, 9.17) is 9.47 Å². The first-order chi connectivity index (χ1) is 15.5. The molecule has 32 heavy (non-hydrogen) atoms. The number of nitrogens with one attached hydrogen (secondary N) is 1. The highest BCUT2D eigenvalue weighted by atomic mass is 19.1. The fraction of sp³-hybridized carbons (Fsp3) is 0.238. The van der Waals surface area contributed by atoms with E-state index >= 15 is 0 Å². The summed E-state index contributed by atoms with van der Waals surface area (Å²) in [5.74, 6) is -2.76. The SMILES string of the molecule is COc1c(F)cc(Nc2ncc(-c3cccc(C(=O)O)n3)c(N3CCOCC3)n2)cc1F. The lowest BCUT2D eigenvalue weighted by Gasteiger charge is -2.29. The van der Waals surface area contributed by atoms with E-state index in [0.29, 0.717) is 43.4 Å². The summed E-state index contributed by atoms with van der Waals surface area (Å²) >= 11 is 0. The van der Waals surface area contributed by atoms with Gasteiger partial charge < -0.3 is 24.8 Å². The predicted molar refractivity (Wildman–Crippen MR) is 111 cm³/mol. The third kappa shape index (κ3) is 4.42. The number of halogens is 2. The normalized spacial score (nSPS) is 13.7. The summed E-state index contributed by atoms with van der Waals surface area (Å²) in [5.41, 5.74) is 0.904. The zero-order chi connectivity index (χ0) is 22.7. The van der Waals surface area contributed by atoms with Gasteiger partial charge in [0.2, 0.25) is 5.95 Å². The minimum Gasteiger partial charge on any atom is -0.491 e. The van der Waals surface area contributed by atoms with Crippen LogP contribution in [0.25, 0.3) is 11.3 Å². The van der Waals surface area contributed by atoms with Crippen molar-refractivity contribution in [2.45, 2.75) is 0 Å². The van der Waals surface area contributed by atoms with Crippen molar-refractivity contribution in [3.05, 3.63) is 53.9 Å². The van der Waals surface area contributed by atoms with Crippen LogP contribution >= 0.6 is 0 Å². The molecule has 2 aromatic heterocycles. The van der Waals surface area contributed by atoms with Crippen LogP contribution in [-0.4, -0.2) is 59.4 Å². The van der Waals surface area contributed by atoms with Gasteiger partial charge in [-0.05, 0) is 12.1 Å². The van der Waals surface area contributed by atoms with Crippen molar-refractivity contribution < 1.29 is 28.2 Å². The number of benzene rings is 1. The van der Waals surface area contributed by atoms with Crippen molar-refractivity contribution in [3.63, 3.8) is 0 Å². The number of carbonyl (C=O) groups is 1. The largest absolute Gasteiger partial charge is 0.491 e. The molecule has 3 heterocycles. The van der Waals surface area contributed by atoms with Gasteiger partial charge in [-0.25, -0.2) is 23.5 Å². The summed E-state index contributed by atoms with van der Waals surface area (Å²) in [5, 5.41) is 12.1. The fourth-order valence-corrected chi connectivity index (χ4v) is 3.29. The first-order valence-corrected chi connectivity index (χ1v) is 9.67. The van der Waals surface area contributed by atoms with Crippen LogP contribution in [0.5, 0.6) is 5.75 Å². The van der Waals surface area contributed by atoms with Crippen LogP contribution in [0.15, 0.2) is 36.5 Å². The molecule has 9 nitrogen and oxygen atoms in total. The van der Waals surface area contributed by atoms with Gasteiger partial charge in [0.15, 0.2) is 17.4 Å². The maximum atomic E-state index is 14.0. The second-order valence-corrected chi connectivity index (χ2v) is 6.84. The van der Waals surface area contributed by atoms with E-state index < -0.39 is 23.4 Å². The number of ether oxygens (including phenoxy) is 2. The highest BCUT2D eigenvalue weighted by Gasteiger charge is 2.21. The average molecular weight is 443 g/mol. The topological polar surface area (TPSA) is 110 Å². The standard InChI is InChI=1S/C21H19F2N5O4/c1-31-18-14(22)9-12(10-15(18)23)25-21-24-11-13(16-3-2-4-17(26-16)20(29)30)19(27-21)28-5-7-32-8-6-28/h2-4,9-11H,5-8H2,1H3,(H,29,30)(H,24,25,27). The van der Waals surface area contributed by atoms with Crippen molar-refractivity contribution in [1.29, 1.82) is 0 Å². The molecule has 0 atom stereocenters. The van der Waals surface area contributed by atoms with Crippen molar-refractivity contribution in [2.24, 2.45) is 0 Å². The van der Waals surface area contributed by atoms with Gasteiger partial charge in [-0.15, -0.1) is 0 Å². The molecular formula is C21H19F2N5O4. The predicted octanol–water partition coefficient (Wildman–Crippen LogP) is 3.10. The van der Waals surface area contributed by atoms with Crippen LogP contribution in [0.3, 0.4) is 0 Å². The number of carboxylic acids is 1. The van der Waals surface area contributed by atoms with Crippen LogP contribution in [-0.2, 0) is 4.74 Å². The molecule has 0 aliphatic carbocycles. The first kappa shape index (κ1) is 21.4. The lowest BCUT2D eigenvalue weighted by atomic mass is 10.1. The summed E-state index contributed by atoms with van der Waals surface area (Å²) in [4.78, 5) is 26.2. The van der Waals surface area contributed by atoms with Gasteiger partial charge in [0.05, 0.1) is 31.6 Å². The molecule has 3 aromatic rings. The second kappa shape index (κ2) is 9.10. The van der Waals surface area contributed by atoms with Gasteiger partial charge in [-0.1, -0.05) is 6.07 Å². The number of aromatic nitrogens is 3. The molecule has 166 valence electrons. The molecule has 0 spiro atoms. The zero-order valence-corrected chi connectivity index (χ0v) is 17.0. The number of nitrogens with zero attached hydrogens (tertiary/aromatic N) is 4. The van der Waals surface area contributed by atoms with Gasteiger partial charge in [0.1, 0.15) is 11.5 Å².